The van der Waals surface area contributed by atoms with Crippen LogP contribution in [0.3, 0.4) is 0 Å². The molecule has 0 aliphatic heterocycles. The lowest BCUT2D eigenvalue weighted by molar-refractivity contribution is 1.64. The maximum Gasteiger partial charge on any atom is 0.0358 e. The highest BCUT2D eigenvalue weighted by atomic mass is 32.1. The first-order valence-electron chi connectivity index (χ1n) is 14.5. The molecule has 0 N–H and O–H groups in total. The number of benzene rings is 6. The molecule has 42 heavy (non-hydrogen) atoms. The summed E-state index contributed by atoms with van der Waals surface area (Å²) in [4.78, 5) is 5.39. The fourth-order valence-corrected chi connectivity index (χ4v) is 9.65. The first-order valence-corrected chi connectivity index (χ1v) is 16.2. The minimum atomic E-state index is 1.31. The molecule has 2 heteroatoms. The van der Waals surface area contributed by atoms with Gasteiger partial charge in [0.2, 0.25) is 0 Å². The largest absolute Gasteiger partial charge is 0.141 e. The molecule has 2 heterocycles. The van der Waals surface area contributed by atoms with Crippen molar-refractivity contribution in [3.63, 3.8) is 0 Å². The Morgan fingerprint density at radius 3 is 1.52 bits per heavy atom. The summed E-state index contributed by atoms with van der Waals surface area (Å²) in [6.45, 7) is 4.46. The maximum absolute atomic E-state index is 2.53. The molecular weight excluding hydrogens is 545 g/mol. The molecule has 0 saturated carbocycles. The lowest BCUT2D eigenvalue weighted by Crippen LogP contribution is -1.89. The monoisotopic (exact) mass is 568 g/mol. The van der Waals surface area contributed by atoms with Crippen LogP contribution in [0.2, 0.25) is 0 Å². The van der Waals surface area contributed by atoms with Crippen molar-refractivity contribution in [2.24, 2.45) is 0 Å². The topological polar surface area (TPSA) is 0 Å². The number of aryl methyl sites for hydroxylation is 2. The van der Waals surface area contributed by atoms with Crippen LogP contribution in [0.5, 0.6) is 0 Å². The molecule has 10 aromatic rings. The van der Waals surface area contributed by atoms with Crippen LogP contribution in [0.25, 0.3) is 96.3 Å². The quantitative estimate of drug-likeness (QED) is 0.182. The van der Waals surface area contributed by atoms with Crippen molar-refractivity contribution in [3.05, 3.63) is 119 Å². The van der Waals surface area contributed by atoms with Crippen LogP contribution in [0.1, 0.15) is 9.75 Å². The lowest BCUT2D eigenvalue weighted by Gasteiger charge is -2.17. The number of hydrogen-bond donors (Lipinski definition) is 0. The zero-order valence-electron chi connectivity index (χ0n) is 23.2. The molecule has 0 spiro atoms. The van der Waals surface area contributed by atoms with Crippen LogP contribution in [-0.2, 0) is 0 Å². The van der Waals surface area contributed by atoms with Crippen molar-refractivity contribution in [2.75, 3.05) is 0 Å². The van der Waals surface area contributed by atoms with E-state index in [1.807, 2.05) is 22.7 Å². The predicted molar refractivity (Wildman–Crippen MR) is 187 cm³/mol. The van der Waals surface area contributed by atoms with Crippen molar-refractivity contribution in [1.29, 1.82) is 0 Å². The molecule has 2 aromatic heterocycles. The fraction of sp³-hybridized carbons (Fsp3) is 0.0500. The minimum Gasteiger partial charge on any atom is -0.141 e. The van der Waals surface area contributed by atoms with Gasteiger partial charge in [-0.1, -0.05) is 78.9 Å². The molecule has 0 aliphatic carbocycles. The Labute approximate surface area is 250 Å². The van der Waals surface area contributed by atoms with Gasteiger partial charge in [-0.15, -0.1) is 22.7 Å². The van der Waals surface area contributed by atoms with Gasteiger partial charge < -0.3 is 0 Å². The van der Waals surface area contributed by atoms with Crippen LogP contribution >= 0.6 is 22.7 Å². The van der Waals surface area contributed by atoms with E-state index in [1.54, 1.807) is 0 Å². The molecule has 0 radical (unpaired) electrons. The molecule has 0 unspecified atom stereocenters. The second-order valence-corrected chi connectivity index (χ2v) is 14.2. The average molecular weight is 569 g/mol. The van der Waals surface area contributed by atoms with Gasteiger partial charge in [0.1, 0.15) is 0 Å². The zero-order chi connectivity index (χ0) is 27.7. The van der Waals surface area contributed by atoms with Gasteiger partial charge in [-0.2, -0.15) is 0 Å². The Hall–Kier alpha value is -4.50. The van der Waals surface area contributed by atoms with Crippen molar-refractivity contribution in [1.82, 2.24) is 0 Å². The van der Waals surface area contributed by atoms with E-state index < -0.39 is 0 Å². The summed E-state index contributed by atoms with van der Waals surface area (Å²) >= 11 is 3.83. The van der Waals surface area contributed by atoms with E-state index in [9.17, 15) is 0 Å². The number of thiophene rings is 2. The van der Waals surface area contributed by atoms with Gasteiger partial charge in [-0.05, 0) is 109 Å². The van der Waals surface area contributed by atoms with E-state index in [2.05, 4.69) is 123 Å². The second kappa shape index (κ2) is 8.07. The van der Waals surface area contributed by atoms with Gasteiger partial charge in [0.25, 0.3) is 0 Å². The van der Waals surface area contributed by atoms with Crippen LogP contribution in [0, 0.1) is 13.8 Å². The van der Waals surface area contributed by atoms with E-state index in [0.717, 1.165) is 0 Å². The fourth-order valence-electron chi connectivity index (χ4n) is 7.79. The molecular formula is C40H24S2. The third-order valence-corrected chi connectivity index (χ3v) is 11.4. The van der Waals surface area contributed by atoms with Gasteiger partial charge in [0, 0.05) is 41.4 Å². The third-order valence-electron chi connectivity index (χ3n) is 9.35. The molecule has 0 amide bonds. The minimum absolute atomic E-state index is 1.31. The van der Waals surface area contributed by atoms with Crippen molar-refractivity contribution in [2.45, 2.75) is 13.8 Å². The van der Waals surface area contributed by atoms with Crippen LogP contribution < -0.4 is 0 Å². The zero-order valence-corrected chi connectivity index (χ0v) is 24.8. The number of rotatable bonds is 2. The number of hydrogen-bond acceptors (Lipinski definition) is 2. The molecule has 0 nitrogen and oxygen atoms in total. The molecule has 0 bridgehead atoms. The molecule has 0 saturated heterocycles. The summed E-state index contributed by atoms with van der Waals surface area (Å²) in [5.41, 5.74) is 2.77. The summed E-state index contributed by atoms with van der Waals surface area (Å²) in [7, 11) is 0. The summed E-state index contributed by atoms with van der Waals surface area (Å²) in [6.07, 6.45) is 0. The smallest absolute Gasteiger partial charge is 0.0358 e. The standard InChI is InChI=1S/C40H24S2/c1-21-16-18-32(41-21)37-31-20-30-25-11-4-3-10-24(25)26-12-7-15-29(35(26)30)36(31)40(33-19-17-22(2)42-33)39-28-14-6-9-23-8-5-13-27(34(23)28)38(37)39/h3-20H,1-2H3. The maximum atomic E-state index is 2.53. The Morgan fingerprint density at radius 1 is 0.357 bits per heavy atom. The normalized spacial score (nSPS) is 12.5. The summed E-state index contributed by atoms with van der Waals surface area (Å²) in [5.74, 6) is 0. The van der Waals surface area contributed by atoms with Crippen LogP contribution in [0.15, 0.2) is 109 Å². The van der Waals surface area contributed by atoms with E-state index in [0.29, 0.717) is 0 Å². The first kappa shape index (κ1) is 23.1. The summed E-state index contributed by atoms with van der Waals surface area (Å²) < 4.78 is 0. The van der Waals surface area contributed by atoms with E-state index in [-0.39, 0.29) is 0 Å². The van der Waals surface area contributed by atoms with Crippen LogP contribution in [0.4, 0.5) is 0 Å². The molecule has 8 aromatic carbocycles. The molecule has 0 aliphatic rings. The first-order chi connectivity index (χ1) is 20.7. The molecule has 0 atom stereocenters. The highest BCUT2D eigenvalue weighted by molar-refractivity contribution is 7.16. The molecule has 10 rings (SSSR count). The van der Waals surface area contributed by atoms with Crippen LogP contribution in [-0.4, -0.2) is 0 Å². The van der Waals surface area contributed by atoms with Crippen molar-refractivity contribution < 1.29 is 0 Å². The van der Waals surface area contributed by atoms with E-state index in [4.69, 9.17) is 0 Å². The Morgan fingerprint density at radius 2 is 0.881 bits per heavy atom. The van der Waals surface area contributed by atoms with Gasteiger partial charge in [0.05, 0.1) is 0 Å². The average Bonchev–Trinajstić information content (AvgIpc) is 3.79. The van der Waals surface area contributed by atoms with E-state index in [1.165, 1.54) is 106 Å². The van der Waals surface area contributed by atoms with E-state index >= 15 is 0 Å². The lowest BCUT2D eigenvalue weighted by atomic mass is 9.87. The van der Waals surface area contributed by atoms with Gasteiger partial charge in [-0.3, -0.25) is 0 Å². The predicted octanol–water partition coefficient (Wildman–Crippen LogP) is 12.7. The highest BCUT2D eigenvalue weighted by Gasteiger charge is 2.27. The SMILES string of the molecule is Cc1ccc(-c2c3cc4c5ccccc5c5cccc(c3c(-c3ccc(C)s3)c3c6cccc7cccc(c23)c76)c54)s1. The highest BCUT2D eigenvalue weighted by Crippen LogP contribution is 2.55. The molecule has 0 fully saturated rings. The summed E-state index contributed by atoms with van der Waals surface area (Å²) in [6, 6.07) is 41.4. The second-order valence-electron chi connectivity index (χ2n) is 11.7. The Kier molecular flexibility index (Phi) is 4.44. The Balaban J connectivity index is 1.61. The third kappa shape index (κ3) is 2.82. The van der Waals surface area contributed by atoms with Gasteiger partial charge >= 0.3 is 0 Å². The van der Waals surface area contributed by atoms with Gasteiger partial charge in [-0.25, -0.2) is 0 Å². The molecule has 196 valence electrons. The Bertz CT molecular complexity index is 2690. The summed E-state index contributed by atoms with van der Waals surface area (Å²) in [5, 5.41) is 19.1. The van der Waals surface area contributed by atoms with Crippen molar-refractivity contribution >= 4 is 98.1 Å². The number of fused-ring (bicyclic) bond motifs is 8. The van der Waals surface area contributed by atoms with Crippen molar-refractivity contribution in [3.8, 4) is 20.9 Å². The van der Waals surface area contributed by atoms with Gasteiger partial charge in [0.15, 0.2) is 0 Å².